The van der Waals surface area contributed by atoms with Crippen LogP contribution >= 0.6 is 0 Å². The van der Waals surface area contributed by atoms with Crippen LogP contribution in [-0.4, -0.2) is 76.9 Å². The number of fused-ring (bicyclic) bond motifs is 1. The minimum Gasteiger partial charge on any atom is -0.491 e. The van der Waals surface area contributed by atoms with Crippen LogP contribution in [0.4, 0.5) is 10.1 Å². The topological polar surface area (TPSA) is 114 Å². The number of aromatic nitrogens is 1. The third kappa shape index (κ3) is 10.8. The summed E-state index contributed by atoms with van der Waals surface area (Å²) < 4.78 is 41.3. The number of benzene rings is 2. The first-order valence-electron chi connectivity index (χ1n) is 15.6. The largest absolute Gasteiger partial charge is 0.491 e. The van der Waals surface area contributed by atoms with Gasteiger partial charge in [-0.2, -0.15) is 0 Å². The third-order valence-electron chi connectivity index (χ3n) is 8.07. The maximum atomic E-state index is 13.9. The van der Waals surface area contributed by atoms with E-state index in [2.05, 4.69) is 10.3 Å². The van der Waals surface area contributed by atoms with E-state index in [1.165, 1.54) is 6.07 Å². The predicted octanol–water partition coefficient (Wildman–Crippen LogP) is 5.33. The Hall–Kier alpha value is -3.15. The van der Waals surface area contributed by atoms with E-state index in [4.69, 9.17) is 29.4 Å². The SMILES string of the molecule is C[C@@H](C(=O)Nc1ccc(OCCOCCOCCOCCOCCN)cc1)[C@H]1CC[C@@H](c2ccnc3ccc(F)cc32)CC1. The van der Waals surface area contributed by atoms with Crippen LogP contribution in [0.15, 0.2) is 54.7 Å². The molecular formula is C34H46FN3O6. The molecule has 240 valence electrons. The van der Waals surface area contributed by atoms with E-state index in [0.717, 1.165) is 47.8 Å². The Balaban J connectivity index is 1.08. The minimum absolute atomic E-state index is 0.0252. The molecule has 0 unspecified atom stereocenters. The number of pyridine rings is 1. The molecule has 1 aliphatic rings. The van der Waals surface area contributed by atoms with E-state index >= 15 is 0 Å². The van der Waals surface area contributed by atoms with Gasteiger partial charge in [0.2, 0.25) is 5.91 Å². The summed E-state index contributed by atoms with van der Waals surface area (Å²) >= 11 is 0. The standard InChI is InChI=1S/C34H46FN3O6/c1-25(26-2-4-27(5-3-26)31-12-14-37-33-11-6-28(35)24-32(31)33)34(39)38-29-7-9-30(10-8-29)44-23-22-43-21-20-42-19-18-41-17-16-40-15-13-36/h6-12,14,24-27H,2-5,13,15-23,36H2,1H3,(H,38,39)/t25-,26-,27+/m1/s1. The van der Waals surface area contributed by atoms with Gasteiger partial charge >= 0.3 is 0 Å². The Bertz CT molecular complexity index is 1270. The molecule has 3 N–H and O–H groups in total. The molecule has 44 heavy (non-hydrogen) atoms. The maximum Gasteiger partial charge on any atom is 0.227 e. The van der Waals surface area contributed by atoms with Crippen molar-refractivity contribution in [1.82, 2.24) is 4.98 Å². The second-order valence-electron chi connectivity index (χ2n) is 11.1. The summed E-state index contributed by atoms with van der Waals surface area (Å²) in [4.78, 5) is 17.4. The Morgan fingerprint density at radius 3 is 2.11 bits per heavy atom. The summed E-state index contributed by atoms with van der Waals surface area (Å²) in [6.45, 7) is 7.00. The van der Waals surface area contributed by atoms with Crippen LogP contribution in [0.1, 0.15) is 44.1 Å². The van der Waals surface area contributed by atoms with Crippen molar-refractivity contribution < 1.29 is 32.9 Å². The number of carbonyl (C=O) groups is 1. The van der Waals surface area contributed by atoms with Gasteiger partial charge in [-0.1, -0.05) is 6.92 Å². The zero-order valence-electron chi connectivity index (χ0n) is 25.7. The van der Waals surface area contributed by atoms with Gasteiger partial charge in [-0.15, -0.1) is 0 Å². The Kier molecular flexibility index (Phi) is 14.3. The monoisotopic (exact) mass is 611 g/mol. The lowest BCUT2D eigenvalue weighted by Crippen LogP contribution is -2.29. The van der Waals surface area contributed by atoms with E-state index in [9.17, 15) is 9.18 Å². The molecule has 0 bridgehead atoms. The van der Waals surface area contributed by atoms with E-state index in [0.29, 0.717) is 83.6 Å². The number of ether oxygens (including phenoxy) is 5. The summed E-state index contributed by atoms with van der Waals surface area (Å²) in [5.74, 6) is 1.05. The Morgan fingerprint density at radius 1 is 0.864 bits per heavy atom. The van der Waals surface area contributed by atoms with Crippen LogP contribution in [0, 0.1) is 17.7 Å². The molecule has 3 aromatic rings. The van der Waals surface area contributed by atoms with Gasteiger partial charge in [0.25, 0.3) is 0 Å². The molecule has 0 aliphatic heterocycles. The van der Waals surface area contributed by atoms with Crippen LogP contribution in [-0.2, 0) is 23.7 Å². The van der Waals surface area contributed by atoms with E-state index in [-0.39, 0.29) is 17.6 Å². The van der Waals surface area contributed by atoms with Gasteiger partial charge in [-0.05, 0) is 91.6 Å². The van der Waals surface area contributed by atoms with E-state index in [1.54, 1.807) is 12.1 Å². The minimum atomic E-state index is -0.240. The number of anilines is 1. The molecule has 1 aromatic heterocycles. The predicted molar refractivity (Wildman–Crippen MR) is 168 cm³/mol. The first-order chi connectivity index (χ1) is 21.5. The first-order valence-corrected chi connectivity index (χ1v) is 15.6. The molecule has 1 saturated carbocycles. The van der Waals surface area contributed by atoms with Crippen molar-refractivity contribution in [1.29, 1.82) is 0 Å². The Morgan fingerprint density at radius 2 is 1.48 bits per heavy atom. The van der Waals surface area contributed by atoms with Gasteiger partial charge < -0.3 is 34.7 Å². The van der Waals surface area contributed by atoms with E-state index < -0.39 is 0 Å². The van der Waals surface area contributed by atoms with Gasteiger partial charge in [0, 0.05) is 29.7 Å². The molecule has 1 aliphatic carbocycles. The van der Waals surface area contributed by atoms with Gasteiger partial charge in [0.15, 0.2) is 0 Å². The van der Waals surface area contributed by atoms with Crippen molar-refractivity contribution in [2.75, 3.05) is 71.3 Å². The summed E-state index contributed by atoms with van der Waals surface area (Å²) in [5.41, 5.74) is 8.07. The molecule has 1 amide bonds. The van der Waals surface area contributed by atoms with Crippen LogP contribution < -0.4 is 15.8 Å². The number of hydrogen-bond acceptors (Lipinski definition) is 8. The maximum absolute atomic E-state index is 13.9. The molecule has 4 rings (SSSR count). The molecule has 1 heterocycles. The molecule has 0 radical (unpaired) electrons. The zero-order valence-corrected chi connectivity index (χ0v) is 25.7. The summed E-state index contributed by atoms with van der Waals surface area (Å²) in [6, 6.07) is 14.2. The average molecular weight is 612 g/mol. The van der Waals surface area contributed by atoms with Gasteiger partial charge in [-0.25, -0.2) is 4.39 Å². The van der Waals surface area contributed by atoms with Crippen molar-refractivity contribution in [2.45, 2.75) is 38.5 Å². The second-order valence-corrected chi connectivity index (χ2v) is 11.1. The van der Waals surface area contributed by atoms with Crippen LogP contribution in [0.2, 0.25) is 0 Å². The molecular weight excluding hydrogens is 565 g/mol. The van der Waals surface area contributed by atoms with E-state index in [1.807, 2.05) is 43.5 Å². The summed E-state index contributed by atoms with van der Waals surface area (Å²) in [5, 5.41) is 3.95. The molecule has 2 aromatic carbocycles. The number of nitrogens with zero attached hydrogens (tertiary/aromatic N) is 1. The number of rotatable bonds is 19. The highest BCUT2D eigenvalue weighted by Crippen LogP contribution is 2.41. The lowest BCUT2D eigenvalue weighted by molar-refractivity contribution is -0.121. The zero-order chi connectivity index (χ0) is 31.0. The fourth-order valence-corrected chi connectivity index (χ4v) is 5.59. The normalized spacial score (nSPS) is 17.4. The number of carbonyl (C=O) groups excluding carboxylic acids is 1. The number of halogens is 1. The second kappa shape index (κ2) is 18.6. The Labute approximate surface area is 259 Å². The van der Waals surface area contributed by atoms with Gasteiger partial charge in [0.05, 0.1) is 58.4 Å². The smallest absolute Gasteiger partial charge is 0.227 e. The fraction of sp³-hybridized carbons (Fsp3) is 0.529. The van der Waals surface area contributed by atoms with Crippen molar-refractivity contribution in [2.24, 2.45) is 17.6 Å². The highest BCUT2D eigenvalue weighted by atomic mass is 19.1. The summed E-state index contributed by atoms with van der Waals surface area (Å²) in [6.07, 6.45) is 5.67. The lowest BCUT2D eigenvalue weighted by atomic mass is 9.73. The fourth-order valence-electron chi connectivity index (χ4n) is 5.59. The highest BCUT2D eigenvalue weighted by molar-refractivity contribution is 5.92. The van der Waals surface area contributed by atoms with Crippen molar-refractivity contribution in [3.63, 3.8) is 0 Å². The molecule has 1 fully saturated rings. The first kappa shape index (κ1) is 33.7. The van der Waals surface area contributed by atoms with Crippen LogP contribution in [0.5, 0.6) is 5.75 Å². The van der Waals surface area contributed by atoms with Crippen molar-refractivity contribution in [3.05, 3.63) is 66.1 Å². The highest BCUT2D eigenvalue weighted by Gasteiger charge is 2.30. The quantitative estimate of drug-likeness (QED) is 0.175. The van der Waals surface area contributed by atoms with Crippen molar-refractivity contribution in [3.8, 4) is 5.75 Å². The van der Waals surface area contributed by atoms with Gasteiger partial charge in [0.1, 0.15) is 18.2 Å². The van der Waals surface area contributed by atoms with Crippen LogP contribution in [0.25, 0.3) is 10.9 Å². The van der Waals surface area contributed by atoms with Gasteiger partial charge in [-0.3, -0.25) is 9.78 Å². The average Bonchev–Trinajstić information content (AvgIpc) is 3.05. The summed E-state index contributed by atoms with van der Waals surface area (Å²) in [7, 11) is 0. The lowest BCUT2D eigenvalue weighted by Gasteiger charge is -2.32. The molecule has 10 heteroatoms. The van der Waals surface area contributed by atoms with Crippen LogP contribution in [0.3, 0.4) is 0 Å². The number of hydrogen-bond donors (Lipinski definition) is 2. The molecule has 1 atom stereocenters. The third-order valence-corrected chi connectivity index (χ3v) is 8.07. The molecule has 0 saturated heterocycles. The number of amides is 1. The number of nitrogens with two attached hydrogens (primary N) is 1. The van der Waals surface area contributed by atoms with Crippen molar-refractivity contribution >= 4 is 22.5 Å². The molecule has 0 spiro atoms. The molecule has 9 nitrogen and oxygen atoms in total. The number of nitrogens with one attached hydrogen (secondary N) is 1.